The summed E-state index contributed by atoms with van der Waals surface area (Å²) < 4.78 is 52.2. The van der Waals surface area contributed by atoms with Crippen LogP contribution in [-0.2, 0) is 28.4 Å². The van der Waals surface area contributed by atoms with Crippen LogP contribution in [0, 0.1) is 0 Å². The van der Waals surface area contributed by atoms with E-state index < -0.39 is 60.6 Å². The monoisotopic (exact) mass is 742 g/mol. The maximum absolute atomic E-state index is 12.9. The van der Waals surface area contributed by atoms with Crippen LogP contribution in [0.2, 0.25) is 0 Å². The van der Waals surface area contributed by atoms with Gasteiger partial charge in [-0.05, 0) is 97.1 Å². The number of carbonyl (C=O) groups is 6. The van der Waals surface area contributed by atoms with Crippen molar-refractivity contribution in [3.8, 4) is 23.0 Å². The highest BCUT2D eigenvalue weighted by molar-refractivity contribution is 5.93. The maximum Gasteiger partial charge on any atom is 0.513 e. The zero-order valence-electron chi connectivity index (χ0n) is 28.5. The van der Waals surface area contributed by atoms with Crippen LogP contribution < -0.4 is 18.9 Å². The van der Waals surface area contributed by atoms with Crippen LogP contribution in [0.1, 0.15) is 41.4 Å². The lowest BCUT2D eigenvalue weighted by molar-refractivity contribution is -0.0287. The first-order valence-electron chi connectivity index (χ1n) is 16.1. The van der Waals surface area contributed by atoms with Crippen molar-refractivity contribution in [3.05, 3.63) is 119 Å². The van der Waals surface area contributed by atoms with Crippen molar-refractivity contribution in [3.63, 3.8) is 0 Å². The number of esters is 4. The number of carbonyl (C=O) groups excluding carboxylic acids is 6. The van der Waals surface area contributed by atoms with Gasteiger partial charge in [0, 0.05) is 0 Å². The molecule has 2 heterocycles. The van der Waals surface area contributed by atoms with Crippen molar-refractivity contribution >= 4 is 36.2 Å². The predicted molar refractivity (Wildman–Crippen MR) is 180 cm³/mol. The summed E-state index contributed by atoms with van der Waals surface area (Å²) in [6.45, 7) is 0.0186. The molecule has 6 rings (SSSR count). The van der Waals surface area contributed by atoms with Gasteiger partial charge in [0.05, 0.1) is 49.7 Å². The Morgan fingerprint density at radius 2 is 0.704 bits per heavy atom. The third kappa shape index (κ3) is 8.98. The van der Waals surface area contributed by atoms with Gasteiger partial charge in [-0.2, -0.15) is 0 Å². The summed E-state index contributed by atoms with van der Waals surface area (Å²) in [5.74, 6) is -1.98. The van der Waals surface area contributed by atoms with E-state index in [1.165, 1.54) is 111 Å². The largest absolute Gasteiger partial charge is 0.513 e. The quantitative estimate of drug-likeness (QED) is 0.0914. The van der Waals surface area contributed by atoms with Gasteiger partial charge in [-0.3, -0.25) is 0 Å². The highest BCUT2D eigenvalue weighted by atomic mass is 16.7. The van der Waals surface area contributed by atoms with E-state index in [-0.39, 0.29) is 58.5 Å². The smallest absolute Gasteiger partial charge is 0.453 e. The molecular formula is C38H30O16. The molecule has 0 aliphatic carbocycles. The van der Waals surface area contributed by atoms with Crippen molar-refractivity contribution in [2.24, 2.45) is 0 Å². The molecule has 4 aromatic rings. The van der Waals surface area contributed by atoms with Gasteiger partial charge in [0.25, 0.3) is 0 Å². The van der Waals surface area contributed by atoms with Crippen molar-refractivity contribution in [2.75, 3.05) is 27.4 Å². The number of fused-ring (bicyclic) bond motifs is 1. The van der Waals surface area contributed by atoms with Crippen molar-refractivity contribution in [2.45, 2.75) is 24.4 Å². The van der Waals surface area contributed by atoms with Gasteiger partial charge >= 0.3 is 36.2 Å². The summed E-state index contributed by atoms with van der Waals surface area (Å²) in [5, 5.41) is 0. The van der Waals surface area contributed by atoms with Crippen LogP contribution in [0.15, 0.2) is 97.1 Å². The lowest BCUT2D eigenvalue weighted by Crippen LogP contribution is -2.36. The first-order valence-corrected chi connectivity index (χ1v) is 16.1. The maximum atomic E-state index is 12.9. The van der Waals surface area contributed by atoms with Gasteiger partial charge in [0.15, 0.2) is 12.2 Å². The molecule has 4 unspecified atom stereocenters. The number of hydrogen-bond donors (Lipinski definition) is 0. The molecule has 0 spiro atoms. The molecule has 0 amide bonds. The van der Waals surface area contributed by atoms with Crippen molar-refractivity contribution in [1.29, 1.82) is 0 Å². The Labute approximate surface area is 306 Å². The summed E-state index contributed by atoms with van der Waals surface area (Å²) in [5.41, 5.74) is 0.750. The summed E-state index contributed by atoms with van der Waals surface area (Å²) in [6.07, 6.45) is -4.71. The number of methoxy groups -OCH3 is 2. The second kappa shape index (κ2) is 16.7. The van der Waals surface area contributed by atoms with Crippen LogP contribution >= 0.6 is 0 Å². The van der Waals surface area contributed by atoms with E-state index in [4.69, 9.17) is 37.9 Å². The molecule has 16 heteroatoms. The van der Waals surface area contributed by atoms with Gasteiger partial charge in [0.2, 0.25) is 0 Å². The minimum absolute atomic E-state index is 0.00930. The predicted octanol–water partition coefficient (Wildman–Crippen LogP) is 4.96. The Morgan fingerprint density at radius 3 is 1.00 bits per heavy atom. The second-order valence-corrected chi connectivity index (χ2v) is 11.5. The summed E-state index contributed by atoms with van der Waals surface area (Å²) in [7, 11) is 2.34. The fraction of sp³-hybridized carbons (Fsp3) is 0.211. The van der Waals surface area contributed by atoms with Crippen molar-refractivity contribution < 1.29 is 76.1 Å². The minimum Gasteiger partial charge on any atom is -0.453 e. The summed E-state index contributed by atoms with van der Waals surface area (Å²) in [4.78, 5) is 73.4. The third-order valence-corrected chi connectivity index (χ3v) is 8.00. The molecule has 0 bridgehead atoms. The fourth-order valence-electron chi connectivity index (χ4n) is 5.29. The number of hydrogen-bond acceptors (Lipinski definition) is 16. The van der Waals surface area contributed by atoms with E-state index in [2.05, 4.69) is 9.47 Å². The normalized spacial score (nSPS) is 18.3. The molecule has 2 aliphatic heterocycles. The standard InChI is InChI=1S/C38H30O16/c1-45-37(43)51-27-15-7-21(8-16-27)33(39)49-25-11-3-23(4-12-25)35(41)53-29-19-47-32-30(20-48-31(29)32)54-36(42)24-5-13-26(14-6-24)50-34(40)22-9-17-28(18-10-22)52-38(44)46-2/h3-18,29-32H,19-20H2,1-2H3. The molecule has 0 aromatic heterocycles. The topological polar surface area (TPSA) is 195 Å². The second-order valence-electron chi connectivity index (χ2n) is 11.5. The van der Waals surface area contributed by atoms with Crippen LogP contribution in [-0.4, -0.2) is 88.0 Å². The van der Waals surface area contributed by atoms with Crippen LogP contribution in [0.4, 0.5) is 9.59 Å². The molecule has 2 aliphatic rings. The molecule has 16 nitrogen and oxygen atoms in total. The zero-order valence-corrected chi connectivity index (χ0v) is 28.5. The van der Waals surface area contributed by atoms with Gasteiger partial charge in [-0.15, -0.1) is 0 Å². The van der Waals surface area contributed by atoms with E-state index >= 15 is 0 Å². The lowest BCUT2D eigenvalue weighted by atomic mass is 10.1. The van der Waals surface area contributed by atoms with Crippen molar-refractivity contribution in [1.82, 2.24) is 0 Å². The highest BCUT2D eigenvalue weighted by Gasteiger charge is 2.51. The molecule has 2 saturated heterocycles. The molecule has 0 N–H and O–H groups in total. The van der Waals surface area contributed by atoms with Gasteiger partial charge < -0.3 is 47.4 Å². The van der Waals surface area contributed by atoms with E-state index in [1.807, 2.05) is 0 Å². The van der Waals surface area contributed by atoms with Crippen LogP contribution in [0.3, 0.4) is 0 Å². The first kappa shape index (κ1) is 37.0. The summed E-state index contributed by atoms with van der Waals surface area (Å²) in [6, 6.07) is 22.7. The third-order valence-electron chi connectivity index (χ3n) is 8.00. The zero-order chi connectivity index (χ0) is 38.2. The molecule has 2 fully saturated rings. The van der Waals surface area contributed by atoms with Crippen LogP contribution in [0.25, 0.3) is 0 Å². The Bertz CT molecular complexity index is 1860. The highest BCUT2D eigenvalue weighted by Crippen LogP contribution is 2.32. The Balaban J connectivity index is 0.955. The molecule has 4 aromatic carbocycles. The summed E-state index contributed by atoms with van der Waals surface area (Å²) >= 11 is 0. The molecule has 0 saturated carbocycles. The molecule has 0 radical (unpaired) electrons. The lowest BCUT2D eigenvalue weighted by Gasteiger charge is -2.17. The van der Waals surface area contributed by atoms with Gasteiger partial charge in [-0.25, -0.2) is 28.8 Å². The fourth-order valence-corrected chi connectivity index (χ4v) is 5.29. The number of benzene rings is 4. The Hall–Kier alpha value is -6.78. The average molecular weight is 743 g/mol. The molecule has 278 valence electrons. The molecule has 4 atom stereocenters. The molecule has 54 heavy (non-hydrogen) atoms. The number of ether oxygens (including phenoxy) is 10. The SMILES string of the molecule is COC(=O)Oc1ccc(C(=O)Oc2ccc(C(=O)OC3COC4C(OC(=O)c5ccc(OC(=O)c6ccc(OC(=O)OC)cc6)cc5)COC34)cc2)cc1. The van der Waals surface area contributed by atoms with E-state index in [0.717, 1.165) is 0 Å². The molecular weight excluding hydrogens is 712 g/mol. The number of rotatable bonds is 10. The first-order chi connectivity index (χ1) is 26.1. The van der Waals surface area contributed by atoms with E-state index in [0.29, 0.717) is 0 Å². The van der Waals surface area contributed by atoms with Crippen LogP contribution in [0.5, 0.6) is 23.0 Å². The van der Waals surface area contributed by atoms with Gasteiger partial charge in [-0.1, -0.05) is 0 Å². The average Bonchev–Trinajstić information content (AvgIpc) is 3.78. The Morgan fingerprint density at radius 1 is 0.426 bits per heavy atom. The van der Waals surface area contributed by atoms with E-state index in [9.17, 15) is 28.8 Å². The van der Waals surface area contributed by atoms with E-state index in [1.54, 1.807) is 0 Å². The Kier molecular flexibility index (Phi) is 11.4. The minimum atomic E-state index is -0.896. The van der Waals surface area contributed by atoms with Gasteiger partial charge in [0.1, 0.15) is 35.2 Å².